The fraction of sp³-hybridized carbons (Fsp3) is 0.368. The lowest BCUT2D eigenvalue weighted by Gasteiger charge is -2.14. The average molecular weight is 431 g/mol. The zero-order valence-corrected chi connectivity index (χ0v) is 17.4. The Labute approximate surface area is 170 Å². The topological polar surface area (TPSA) is 78.4 Å². The predicted molar refractivity (Wildman–Crippen MR) is 112 cm³/mol. The van der Waals surface area contributed by atoms with Gasteiger partial charge in [-0.15, -0.1) is 0 Å². The van der Waals surface area contributed by atoms with Crippen molar-refractivity contribution < 1.29 is 13.5 Å². The number of sulfonamides is 1. The monoisotopic (exact) mass is 430 g/mol. The lowest BCUT2D eigenvalue weighted by molar-refractivity contribution is 0.162. The van der Waals surface area contributed by atoms with Crippen LogP contribution in [-0.4, -0.2) is 39.0 Å². The summed E-state index contributed by atoms with van der Waals surface area (Å²) in [4.78, 5) is 0. The van der Waals surface area contributed by atoms with Crippen LogP contribution in [0.25, 0.3) is 0 Å². The second kappa shape index (κ2) is 10.3. The van der Waals surface area contributed by atoms with Crippen molar-refractivity contribution in [2.75, 3.05) is 24.1 Å². The molecule has 0 radical (unpaired) electrons. The minimum absolute atomic E-state index is 0.461. The summed E-state index contributed by atoms with van der Waals surface area (Å²) >= 11 is 11.9. The molecule has 1 atom stereocenters. The first-order valence-corrected chi connectivity index (χ1v) is 11.3. The molecule has 3 N–H and O–H groups in total. The third-order valence-electron chi connectivity index (χ3n) is 4.01. The molecule has 5 nitrogen and oxygen atoms in total. The van der Waals surface area contributed by atoms with E-state index in [2.05, 4.69) is 10.0 Å². The molecule has 0 aliphatic rings. The first-order valence-electron chi connectivity index (χ1n) is 8.63. The zero-order chi connectivity index (χ0) is 19.9. The molecule has 0 aliphatic carbocycles. The molecule has 0 unspecified atom stereocenters. The van der Waals surface area contributed by atoms with Gasteiger partial charge in [-0.1, -0.05) is 47.5 Å². The van der Waals surface area contributed by atoms with Crippen molar-refractivity contribution in [2.24, 2.45) is 0 Å². The van der Waals surface area contributed by atoms with Crippen LogP contribution in [0.2, 0.25) is 10.0 Å². The molecule has 27 heavy (non-hydrogen) atoms. The van der Waals surface area contributed by atoms with E-state index in [-0.39, 0.29) is 0 Å². The predicted octanol–water partition coefficient (Wildman–Crippen LogP) is 3.49. The van der Waals surface area contributed by atoms with Gasteiger partial charge in [-0.2, -0.15) is 0 Å². The van der Waals surface area contributed by atoms with Crippen LogP contribution >= 0.6 is 23.2 Å². The van der Waals surface area contributed by atoms with E-state index in [0.29, 0.717) is 41.7 Å². The highest BCUT2D eigenvalue weighted by Gasteiger charge is 2.10. The van der Waals surface area contributed by atoms with Crippen LogP contribution in [0.4, 0.5) is 5.69 Å². The Balaban J connectivity index is 1.75. The van der Waals surface area contributed by atoms with Gasteiger partial charge in [0.2, 0.25) is 10.0 Å². The molecule has 8 heteroatoms. The third kappa shape index (κ3) is 8.07. The minimum atomic E-state index is -3.33. The van der Waals surface area contributed by atoms with Gasteiger partial charge in [0.05, 0.1) is 28.1 Å². The number of halogens is 2. The molecule has 0 heterocycles. The van der Waals surface area contributed by atoms with Crippen LogP contribution < -0.4 is 10.0 Å². The number of hydrogen-bond acceptors (Lipinski definition) is 4. The highest BCUT2D eigenvalue weighted by atomic mass is 35.5. The van der Waals surface area contributed by atoms with Crippen molar-refractivity contribution in [3.8, 4) is 0 Å². The second-order valence-electron chi connectivity index (χ2n) is 6.43. The summed E-state index contributed by atoms with van der Waals surface area (Å²) in [5.74, 6) is 0. The van der Waals surface area contributed by atoms with E-state index in [9.17, 15) is 13.5 Å². The number of anilines is 1. The highest BCUT2D eigenvalue weighted by Crippen LogP contribution is 2.22. The fourth-order valence-electron chi connectivity index (χ4n) is 2.66. The summed E-state index contributed by atoms with van der Waals surface area (Å²) in [6.07, 6.45) is 2.49. The Morgan fingerprint density at radius 2 is 1.81 bits per heavy atom. The maximum atomic E-state index is 11.4. The largest absolute Gasteiger partial charge is 0.392 e. The van der Waals surface area contributed by atoms with Crippen LogP contribution in [0.5, 0.6) is 0 Å². The molecule has 0 aliphatic heterocycles. The van der Waals surface area contributed by atoms with Crippen molar-refractivity contribution in [2.45, 2.75) is 25.4 Å². The van der Waals surface area contributed by atoms with Gasteiger partial charge in [-0.05, 0) is 55.1 Å². The number of nitrogens with one attached hydrogen (secondary N) is 2. The van der Waals surface area contributed by atoms with Gasteiger partial charge in [0, 0.05) is 6.54 Å². The van der Waals surface area contributed by atoms with Gasteiger partial charge >= 0.3 is 0 Å². The summed E-state index contributed by atoms with van der Waals surface area (Å²) in [5, 5.41) is 14.5. The maximum absolute atomic E-state index is 11.4. The van der Waals surface area contributed by atoms with E-state index in [0.717, 1.165) is 23.8 Å². The molecule has 0 amide bonds. The van der Waals surface area contributed by atoms with E-state index >= 15 is 0 Å². The van der Waals surface area contributed by atoms with E-state index in [4.69, 9.17) is 23.2 Å². The van der Waals surface area contributed by atoms with E-state index < -0.39 is 16.1 Å². The number of aryl methyl sites for hydroxylation is 1. The zero-order valence-electron chi connectivity index (χ0n) is 15.1. The summed E-state index contributed by atoms with van der Waals surface area (Å²) in [6.45, 7) is 1.17. The fourth-order valence-corrected chi connectivity index (χ4v) is 3.58. The number of hydrogen-bond donors (Lipinski definition) is 3. The average Bonchev–Trinajstić information content (AvgIpc) is 2.59. The molecule has 0 saturated heterocycles. The lowest BCUT2D eigenvalue weighted by atomic mass is 10.0. The maximum Gasteiger partial charge on any atom is 0.229 e. The Kier molecular flexibility index (Phi) is 8.38. The smallest absolute Gasteiger partial charge is 0.229 e. The second-order valence-corrected chi connectivity index (χ2v) is 8.99. The summed E-state index contributed by atoms with van der Waals surface area (Å²) < 4.78 is 25.4. The Morgan fingerprint density at radius 3 is 2.52 bits per heavy atom. The van der Waals surface area contributed by atoms with Crippen molar-refractivity contribution in [1.29, 1.82) is 0 Å². The summed E-state index contributed by atoms with van der Waals surface area (Å²) in [7, 11) is -3.33. The minimum Gasteiger partial charge on any atom is -0.392 e. The molecule has 0 aromatic heterocycles. The molecule has 2 aromatic rings. The first kappa shape index (κ1) is 22.0. The quantitative estimate of drug-likeness (QED) is 0.504. The van der Waals surface area contributed by atoms with Gasteiger partial charge in [0.1, 0.15) is 0 Å². The SMILES string of the molecule is CS(=O)(=O)Nc1ccccc1CC[C@H](O)CNCCc1ccc(Cl)c(Cl)c1. The van der Waals surface area contributed by atoms with Gasteiger partial charge < -0.3 is 10.4 Å². The molecule has 0 bridgehead atoms. The number of aliphatic hydroxyl groups is 1. The Bertz CT molecular complexity index is 860. The Hall–Kier alpha value is -1.31. The van der Waals surface area contributed by atoms with Crippen molar-refractivity contribution >= 4 is 38.9 Å². The van der Waals surface area contributed by atoms with Crippen LogP contribution in [0.3, 0.4) is 0 Å². The number of para-hydroxylation sites is 1. The molecule has 0 saturated carbocycles. The van der Waals surface area contributed by atoms with Gasteiger partial charge in [0.15, 0.2) is 0 Å². The number of rotatable bonds is 10. The normalized spacial score (nSPS) is 12.7. The summed E-state index contributed by atoms with van der Waals surface area (Å²) in [6, 6.07) is 12.8. The number of benzene rings is 2. The van der Waals surface area contributed by atoms with E-state index in [1.54, 1.807) is 18.2 Å². The standard InChI is InChI=1S/C19H24Cl2N2O3S/c1-27(25,26)23-19-5-3-2-4-15(19)7-8-16(24)13-22-11-10-14-6-9-17(20)18(21)12-14/h2-6,9,12,16,22-24H,7-8,10-11,13H2,1H3/t16-/m0/s1. The molecule has 0 spiro atoms. The molecule has 148 valence electrons. The van der Waals surface area contributed by atoms with Crippen LogP contribution in [0.15, 0.2) is 42.5 Å². The van der Waals surface area contributed by atoms with E-state index in [1.165, 1.54) is 0 Å². The van der Waals surface area contributed by atoms with Gasteiger partial charge in [-0.3, -0.25) is 4.72 Å². The van der Waals surface area contributed by atoms with Crippen LogP contribution in [0.1, 0.15) is 17.5 Å². The van der Waals surface area contributed by atoms with Gasteiger partial charge in [-0.25, -0.2) is 8.42 Å². The molecule has 2 rings (SSSR count). The van der Waals surface area contributed by atoms with E-state index in [1.807, 2.05) is 24.3 Å². The van der Waals surface area contributed by atoms with Gasteiger partial charge in [0.25, 0.3) is 0 Å². The van der Waals surface area contributed by atoms with Crippen LogP contribution in [0, 0.1) is 0 Å². The molecule has 0 fully saturated rings. The molecular formula is C19H24Cl2N2O3S. The molecule has 2 aromatic carbocycles. The van der Waals surface area contributed by atoms with Crippen LogP contribution in [-0.2, 0) is 22.9 Å². The Morgan fingerprint density at radius 1 is 1.07 bits per heavy atom. The van der Waals surface area contributed by atoms with Crippen molar-refractivity contribution in [3.63, 3.8) is 0 Å². The highest BCUT2D eigenvalue weighted by molar-refractivity contribution is 7.92. The summed E-state index contributed by atoms with van der Waals surface area (Å²) in [5.41, 5.74) is 2.49. The first-order chi connectivity index (χ1) is 12.7. The van der Waals surface area contributed by atoms with Crippen molar-refractivity contribution in [3.05, 3.63) is 63.6 Å². The molecular weight excluding hydrogens is 407 g/mol. The number of aliphatic hydroxyl groups excluding tert-OH is 1. The lowest BCUT2D eigenvalue weighted by Crippen LogP contribution is -2.28. The third-order valence-corrected chi connectivity index (χ3v) is 5.34. The van der Waals surface area contributed by atoms with Crippen molar-refractivity contribution in [1.82, 2.24) is 5.32 Å².